The summed E-state index contributed by atoms with van der Waals surface area (Å²) in [6.45, 7) is 10.6. The van der Waals surface area contributed by atoms with Crippen LogP contribution in [0.5, 0.6) is 0 Å². The van der Waals surface area contributed by atoms with Gasteiger partial charge >= 0.3 is 0 Å². The lowest BCUT2D eigenvalue weighted by molar-refractivity contribution is -0.168. The molecule has 2 saturated carbocycles. The Morgan fingerprint density at radius 2 is 2.00 bits per heavy atom. The molecule has 2 heteroatoms. The van der Waals surface area contributed by atoms with Crippen molar-refractivity contribution in [1.82, 2.24) is 0 Å². The molecule has 0 aromatic heterocycles. The van der Waals surface area contributed by atoms with Crippen LogP contribution in [0.1, 0.15) is 52.9 Å². The van der Waals surface area contributed by atoms with Gasteiger partial charge in [0.2, 0.25) is 0 Å². The summed E-state index contributed by atoms with van der Waals surface area (Å²) < 4.78 is 0. The number of hydrogen-bond donors (Lipinski definition) is 2. The molecule has 2 rings (SSSR count). The quantitative estimate of drug-likeness (QED) is 0.690. The molecule has 2 N–H and O–H groups in total. The maximum absolute atomic E-state index is 11.0. The second-order valence-electron chi connectivity index (χ2n) is 6.68. The minimum Gasteiger partial charge on any atom is -0.392 e. The van der Waals surface area contributed by atoms with Crippen molar-refractivity contribution in [2.24, 2.45) is 17.3 Å². The van der Waals surface area contributed by atoms with E-state index in [4.69, 9.17) is 0 Å². The van der Waals surface area contributed by atoms with Crippen molar-refractivity contribution in [3.05, 3.63) is 12.2 Å². The Bertz CT molecular complexity index is 323. The third-order valence-electron chi connectivity index (χ3n) is 5.52. The summed E-state index contributed by atoms with van der Waals surface area (Å²) in [6.07, 6.45) is 3.93. The summed E-state index contributed by atoms with van der Waals surface area (Å²) in [5.74, 6) is 1.14. The van der Waals surface area contributed by atoms with Crippen molar-refractivity contribution < 1.29 is 10.2 Å². The fourth-order valence-corrected chi connectivity index (χ4v) is 3.80. The predicted octanol–water partition coefficient (Wildman–Crippen LogP) is 2.89. The standard InChI is InChI=1S/C15H26O2/c1-10(2)12-7-8-14(4)13(16)6-5-11(3)15(14,17)9-12/h10,12-13,16-17H,3,5-9H2,1-2,4H3/t12-,13-,14+,15-/m0/s1. The van der Waals surface area contributed by atoms with Crippen LogP contribution >= 0.6 is 0 Å². The number of hydrogen-bond acceptors (Lipinski definition) is 2. The van der Waals surface area contributed by atoms with E-state index in [9.17, 15) is 10.2 Å². The lowest BCUT2D eigenvalue weighted by Gasteiger charge is -2.57. The van der Waals surface area contributed by atoms with Crippen LogP contribution in [-0.4, -0.2) is 21.9 Å². The van der Waals surface area contributed by atoms with Gasteiger partial charge in [-0.2, -0.15) is 0 Å². The van der Waals surface area contributed by atoms with E-state index >= 15 is 0 Å². The Kier molecular flexibility index (Phi) is 3.16. The summed E-state index contributed by atoms with van der Waals surface area (Å²) in [6, 6.07) is 0. The first-order valence-electron chi connectivity index (χ1n) is 6.90. The minimum absolute atomic E-state index is 0.381. The first-order valence-corrected chi connectivity index (χ1v) is 6.90. The van der Waals surface area contributed by atoms with Gasteiger partial charge in [-0.3, -0.25) is 0 Å². The number of aliphatic hydroxyl groups excluding tert-OH is 1. The van der Waals surface area contributed by atoms with E-state index in [0.29, 0.717) is 11.8 Å². The third-order valence-corrected chi connectivity index (χ3v) is 5.52. The Hall–Kier alpha value is -0.340. The van der Waals surface area contributed by atoms with Gasteiger partial charge in [-0.1, -0.05) is 27.4 Å². The first-order chi connectivity index (χ1) is 7.81. The van der Waals surface area contributed by atoms with Gasteiger partial charge in [-0.15, -0.1) is 0 Å². The molecule has 0 aromatic rings. The molecular formula is C15H26O2. The molecule has 0 spiro atoms. The molecule has 0 unspecified atom stereocenters. The second-order valence-corrected chi connectivity index (χ2v) is 6.68. The van der Waals surface area contributed by atoms with Crippen molar-refractivity contribution >= 4 is 0 Å². The Labute approximate surface area is 105 Å². The molecule has 2 fully saturated rings. The predicted molar refractivity (Wildman–Crippen MR) is 69.6 cm³/mol. The van der Waals surface area contributed by atoms with Crippen molar-refractivity contribution in [3.63, 3.8) is 0 Å². The molecule has 0 aromatic carbocycles. The van der Waals surface area contributed by atoms with E-state index in [1.165, 1.54) is 0 Å². The Morgan fingerprint density at radius 1 is 1.35 bits per heavy atom. The van der Waals surface area contributed by atoms with Gasteiger partial charge in [0, 0.05) is 5.41 Å². The van der Waals surface area contributed by atoms with Crippen LogP contribution in [0.25, 0.3) is 0 Å². The van der Waals surface area contributed by atoms with Gasteiger partial charge < -0.3 is 10.2 Å². The SMILES string of the molecule is C=C1CC[C@H](O)[C@@]2(C)CC[C@H](C(C)C)C[C@]12O. The molecule has 0 amide bonds. The van der Waals surface area contributed by atoms with Crippen molar-refractivity contribution in [3.8, 4) is 0 Å². The Morgan fingerprint density at radius 3 is 2.59 bits per heavy atom. The molecule has 0 bridgehead atoms. The van der Waals surface area contributed by atoms with Crippen LogP contribution in [0.3, 0.4) is 0 Å². The number of fused-ring (bicyclic) bond motifs is 1. The van der Waals surface area contributed by atoms with Crippen LogP contribution in [-0.2, 0) is 0 Å². The first kappa shape index (κ1) is 13.1. The van der Waals surface area contributed by atoms with Crippen molar-refractivity contribution in [2.75, 3.05) is 0 Å². The lowest BCUT2D eigenvalue weighted by atomic mass is 9.52. The summed E-state index contributed by atoms with van der Waals surface area (Å²) in [5.41, 5.74) is -0.290. The monoisotopic (exact) mass is 238 g/mol. The summed E-state index contributed by atoms with van der Waals surface area (Å²) in [4.78, 5) is 0. The summed E-state index contributed by atoms with van der Waals surface area (Å²) in [7, 11) is 0. The highest BCUT2D eigenvalue weighted by Gasteiger charge is 2.58. The highest BCUT2D eigenvalue weighted by atomic mass is 16.3. The molecule has 0 aliphatic heterocycles. The summed E-state index contributed by atoms with van der Waals surface area (Å²) in [5, 5.41) is 21.3. The zero-order chi connectivity index (χ0) is 12.8. The van der Waals surface area contributed by atoms with E-state index in [0.717, 1.165) is 37.7 Å². The Balaban J connectivity index is 2.32. The van der Waals surface area contributed by atoms with Crippen molar-refractivity contribution in [1.29, 1.82) is 0 Å². The van der Waals surface area contributed by atoms with Gasteiger partial charge in [0.1, 0.15) is 0 Å². The molecule has 4 atom stereocenters. The molecule has 98 valence electrons. The number of rotatable bonds is 1. The van der Waals surface area contributed by atoms with Crippen LogP contribution in [0.2, 0.25) is 0 Å². The average Bonchev–Trinajstić information content (AvgIpc) is 2.27. The molecule has 2 aliphatic carbocycles. The zero-order valence-corrected chi connectivity index (χ0v) is 11.4. The van der Waals surface area contributed by atoms with E-state index in [1.807, 2.05) is 6.92 Å². The molecule has 0 heterocycles. The molecule has 2 aliphatic rings. The van der Waals surface area contributed by atoms with Crippen LogP contribution < -0.4 is 0 Å². The van der Waals surface area contributed by atoms with E-state index in [-0.39, 0.29) is 11.5 Å². The van der Waals surface area contributed by atoms with Crippen molar-refractivity contribution in [2.45, 2.75) is 64.6 Å². The molecule has 2 nitrogen and oxygen atoms in total. The van der Waals surface area contributed by atoms with E-state index in [1.54, 1.807) is 0 Å². The normalized spacial score (nSPS) is 47.1. The largest absolute Gasteiger partial charge is 0.392 e. The topological polar surface area (TPSA) is 40.5 Å². The number of aliphatic hydroxyl groups is 2. The van der Waals surface area contributed by atoms with Crippen LogP contribution in [0, 0.1) is 17.3 Å². The van der Waals surface area contributed by atoms with Gasteiger partial charge in [-0.25, -0.2) is 0 Å². The highest BCUT2D eigenvalue weighted by molar-refractivity contribution is 5.25. The second kappa shape index (κ2) is 4.10. The lowest BCUT2D eigenvalue weighted by Crippen LogP contribution is -2.60. The van der Waals surface area contributed by atoms with E-state index < -0.39 is 5.60 Å². The van der Waals surface area contributed by atoms with Crippen LogP contribution in [0.4, 0.5) is 0 Å². The maximum Gasteiger partial charge on any atom is 0.0934 e. The fourth-order valence-electron chi connectivity index (χ4n) is 3.80. The third kappa shape index (κ3) is 1.77. The van der Waals surface area contributed by atoms with Gasteiger partial charge in [-0.05, 0) is 49.5 Å². The minimum atomic E-state index is -0.849. The molecule has 0 radical (unpaired) electrons. The summed E-state index contributed by atoms with van der Waals surface area (Å²) >= 11 is 0. The smallest absolute Gasteiger partial charge is 0.0934 e. The van der Waals surface area contributed by atoms with Gasteiger partial charge in [0.15, 0.2) is 0 Å². The molecular weight excluding hydrogens is 212 g/mol. The molecule has 17 heavy (non-hydrogen) atoms. The van der Waals surface area contributed by atoms with Gasteiger partial charge in [0.05, 0.1) is 11.7 Å². The average molecular weight is 238 g/mol. The highest BCUT2D eigenvalue weighted by Crippen LogP contribution is 2.56. The zero-order valence-electron chi connectivity index (χ0n) is 11.4. The maximum atomic E-state index is 11.0. The van der Waals surface area contributed by atoms with Gasteiger partial charge in [0.25, 0.3) is 0 Å². The molecule has 0 saturated heterocycles. The van der Waals surface area contributed by atoms with Crippen LogP contribution in [0.15, 0.2) is 12.2 Å². The fraction of sp³-hybridized carbons (Fsp3) is 0.867. The van der Waals surface area contributed by atoms with E-state index in [2.05, 4.69) is 20.4 Å².